The maximum Gasteiger partial charge on any atom is 0.262 e. The van der Waals surface area contributed by atoms with Crippen LogP contribution in [0.3, 0.4) is 0 Å². The molecule has 1 rings (SSSR count). The van der Waals surface area contributed by atoms with Gasteiger partial charge in [0.1, 0.15) is 6.07 Å². The number of nitriles is 1. The van der Waals surface area contributed by atoms with Crippen molar-refractivity contribution in [3.05, 3.63) is 28.2 Å². The third kappa shape index (κ3) is 2.21. The first kappa shape index (κ1) is 10.5. The lowest BCUT2D eigenvalue weighted by atomic mass is 10.2. The van der Waals surface area contributed by atoms with E-state index in [2.05, 4.69) is 15.9 Å². The van der Waals surface area contributed by atoms with Crippen LogP contribution in [0.1, 0.15) is 5.56 Å². The Morgan fingerprint density at radius 2 is 2.08 bits per heavy atom. The van der Waals surface area contributed by atoms with Crippen molar-refractivity contribution in [1.82, 2.24) is 0 Å². The van der Waals surface area contributed by atoms with Crippen LogP contribution >= 0.6 is 26.6 Å². The molecule has 1 aromatic carbocycles. The molecule has 0 aliphatic carbocycles. The Morgan fingerprint density at radius 1 is 1.46 bits per heavy atom. The summed E-state index contributed by atoms with van der Waals surface area (Å²) >= 11 is 2.99. The fourth-order valence-corrected chi connectivity index (χ4v) is 3.01. The molecular formula is C7H3BrClNO2S. The minimum Gasteiger partial charge on any atom is -0.207 e. The van der Waals surface area contributed by atoms with E-state index in [4.69, 9.17) is 15.9 Å². The van der Waals surface area contributed by atoms with E-state index in [0.29, 0.717) is 0 Å². The van der Waals surface area contributed by atoms with Crippen molar-refractivity contribution in [2.75, 3.05) is 0 Å². The molecule has 0 heterocycles. The van der Waals surface area contributed by atoms with Gasteiger partial charge in [-0.3, -0.25) is 0 Å². The van der Waals surface area contributed by atoms with Crippen molar-refractivity contribution in [3.8, 4) is 6.07 Å². The Kier molecular flexibility index (Phi) is 2.96. The van der Waals surface area contributed by atoms with E-state index < -0.39 is 9.05 Å². The number of hydrogen-bond donors (Lipinski definition) is 0. The SMILES string of the molecule is N#Cc1cccc(S(=O)(=O)Cl)c1Br. The lowest BCUT2D eigenvalue weighted by molar-refractivity contribution is 0.609. The molecule has 0 saturated heterocycles. The van der Waals surface area contributed by atoms with Crippen LogP contribution in [0.25, 0.3) is 0 Å². The van der Waals surface area contributed by atoms with E-state index >= 15 is 0 Å². The van der Waals surface area contributed by atoms with Crippen molar-refractivity contribution >= 4 is 35.7 Å². The maximum absolute atomic E-state index is 10.9. The van der Waals surface area contributed by atoms with Gasteiger partial charge >= 0.3 is 0 Å². The molecule has 0 fully saturated rings. The first-order valence-corrected chi connectivity index (χ1v) is 6.20. The first-order chi connectivity index (χ1) is 5.96. The molecule has 0 aromatic heterocycles. The van der Waals surface area contributed by atoms with Crippen molar-refractivity contribution < 1.29 is 8.42 Å². The van der Waals surface area contributed by atoms with Gasteiger partial charge in [0.15, 0.2) is 0 Å². The summed E-state index contributed by atoms with van der Waals surface area (Å²) in [5, 5.41) is 8.59. The molecule has 0 atom stereocenters. The zero-order chi connectivity index (χ0) is 10.1. The molecule has 6 heteroatoms. The van der Waals surface area contributed by atoms with Gasteiger partial charge in [0.2, 0.25) is 0 Å². The predicted molar refractivity (Wildman–Crippen MR) is 51.9 cm³/mol. The normalized spacial score (nSPS) is 10.8. The quantitative estimate of drug-likeness (QED) is 0.741. The van der Waals surface area contributed by atoms with Crippen LogP contribution in [-0.4, -0.2) is 8.42 Å². The van der Waals surface area contributed by atoms with Gasteiger partial charge in [-0.25, -0.2) is 8.42 Å². The summed E-state index contributed by atoms with van der Waals surface area (Å²) in [6.45, 7) is 0. The fourth-order valence-electron chi connectivity index (χ4n) is 0.785. The number of rotatable bonds is 1. The van der Waals surface area contributed by atoms with Crippen molar-refractivity contribution in [2.24, 2.45) is 0 Å². The highest BCUT2D eigenvalue weighted by Crippen LogP contribution is 2.27. The second kappa shape index (κ2) is 3.66. The molecule has 0 aliphatic heterocycles. The Hall–Kier alpha value is -0.570. The van der Waals surface area contributed by atoms with Gasteiger partial charge in [0.25, 0.3) is 9.05 Å². The van der Waals surface area contributed by atoms with Crippen molar-refractivity contribution in [1.29, 1.82) is 5.26 Å². The van der Waals surface area contributed by atoms with Gasteiger partial charge in [-0.05, 0) is 28.1 Å². The molecule has 3 nitrogen and oxygen atoms in total. The average molecular weight is 281 g/mol. The van der Waals surface area contributed by atoms with Crippen LogP contribution in [0.2, 0.25) is 0 Å². The summed E-state index contributed by atoms with van der Waals surface area (Å²) in [5.41, 5.74) is 0.238. The molecule has 0 radical (unpaired) electrons. The molecule has 1 aromatic rings. The average Bonchev–Trinajstić information content (AvgIpc) is 2.02. The predicted octanol–water partition coefficient (Wildman–Crippen LogP) is 2.25. The van der Waals surface area contributed by atoms with E-state index in [-0.39, 0.29) is 14.9 Å². The number of halogens is 2. The third-order valence-electron chi connectivity index (χ3n) is 1.35. The highest BCUT2D eigenvalue weighted by molar-refractivity contribution is 9.10. The number of nitrogens with zero attached hydrogens (tertiary/aromatic N) is 1. The summed E-state index contributed by atoms with van der Waals surface area (Å²) in [4.78, 5) is -0.0896. The molecule has 0 aliphatic rings. The smallest absolute Gasteiger partial charge is 0.207 e. The minimum absolute atomic E-state index is 0.0896. The van der Waals surface area contributed by atoms with Crippen LogP contribution < -0.4 is 0 Å². The summed E-state index contributed by atoms with van der Waals surface area (Å²) in [6, 6.07) is 6.12. The second-order valence-corrected chi connectivity index (χ2v) is 5.49. The third-order valence-corrected chi connectivity index (χ3v) is 3.83. The Bertz CT molecular complexity index is 478. The zero-order valence-corrected chi connectivity index (χ0v) is 9.32. The standard InChI is InChI=1S/C7H3BrClNO2S/c8-7-5(4-10)2-1-3-6(7)13(9,11)12/h1-3H. The molecule has 0 N–H and O–H groups in total. The van der Waals surface area contributed by atoms with Crippen LogP contribution in [0.15, 0.2) is 27.6 Å². The van der Waals surface area contributed by atoms with Gasteiger partial charge in [-0.1, -0.05) is 6.07 Å². The molecule has 13 heavy (non-hydrogen) atoms. The maximum atomic E-state index is 10.9. The number of hydrogen-bond acceptors (Lipinski definition) is 3. The summed E-state index contributed by atoms with van der Waals surface area (Å²) in [7, 11) is 1.33. The highest BCUT2D eigenvalue weighted by Gasteiger charge is 2.16. The second-order valence-electron chi connectivity index (χ2n) is 2.17. The van der Waals surface area contributed by atoms with Crippen LogP contribution in [0.5, 0.6) is 0 Å². The van der Waals surface area contributed by atoms with Crippen LogP contribution in [0.4, 0.5) is 0 Å². The molecular weight excluding hydrogens is 278 g/mol. The lowest BCUT2D eigenvalue weighted by Gasteiger charge is -2.00. The fraction of sp³-hybridized carbons (Fsp3) is 0. The first-order valence-electron chi connectivity index (χ1n) is 3.10. The molecule has 0 unspecified atom stereocenters. The van der Waals surface area contributed by atoms with Gasteiger partial charge in [-0.2, -0.15) is 5.26 Å². The molecule has 0 spiro atoms. The van der Waals surface area contributed by atoms with Gasteiger partial charge in [0, 0.05) is 10.7 Å². The Labute approximate surface area is 88.5 Å². The monoisotopic (exact) mass is 279 g/mol. The highest BCUT2D eigenvalue weighted by atomic mass is 79.9. The van der Waals surface area contributed by atoms with Gasteiger partial charge < -0.3 is 0 Å². The van der Waals surface area contributed by atoms with Crippen LogP contribution in [-0.2, 0) is 9.05 Å². The summed E-state index contributed by atoms with van der Waals surface area (Å²) in [6.07, 6.45) is 0. The largest absolute Gasteiger partial charge is 0.262 e. The van der Waals surface area contributed by atoms with E-state index in [9.17, 15) is 8.42 Å². The number of benzene rings is 1. The molecule has 0 amide bonds. The summed E-state index contributed by atoms with van der Waals surface area (Å²) < 4.78 is 22.1. The van der Waals surface area contributed by atoms with E-state index in [1.807, 2.05) is 6.07 Å². The van der Waals surface area contributed by atoms with Crippen molar-refractivity contribution in [3.63, 3.8) is 0 Å². The van der Waals surface area contributed by atoms with E-state index in [1.165, 1.54) is 18.2 Å². The lowest BCUT2D eigenvalue weighted by Crippen LogP contribution is -1.93. The Balaban J connectivity index is 3.53. The molecule has 0 bridgehead atoms. The van der Waals surface area contributed by atoms with Crippen molar-refractivity contribution in [2.45, 2.75) is 4.90 Å². The van der Waals surface area contributed by atoms with Crippen LogP contribution in [0, 0.1) is 11.3 Å². The van der Waals surface area contributed by atoms with Gasteiger partial charge in [-0.15, -0.1) is 0 Å². The van der Waals surface area contributed by atoms with E-state index in [0.717, 1.165) is 0 Å². The van der Waals surface area contributed by atoms with Gasteiger partial charge in [0.05, 0.1) is 14.9 Å². The molecule has 68 valence electrons. The zero-order valence-electron chi connectivity index (χ0n) is 6.16. The molecule has 0 saturated carbocycles. The van der Waals surface area contributed by atoms with E-state index in [1.54, 1.807) is 0 Å². The topological polar surface area (TPSA) is 57.9 Å². The summed E-state index contributed by atoms with van der Waals surface area (Å²) in [5.74, 6) is 0. The minimum atomic E-state index is -3.79. The Morgan fingerprint density at radius 3 is 2.54 bits per heavy atom.